The van der Waals surface area contributed by atoms with Crippen molar-refractivity contribution in [3.05, 3.63) is 11.8 Å². The summed E-state index contributed by atoms with van der Waals surface area (Å²) in [7, 11) is 0. The Kier molecular flexibility index (Phi) is 3.41. The normalized spacial score (nSPS) is 24.3. The Morgan fingerprint density at radius 2 is 2.13 bits per heavy atom. The predicted molar refractivity (Wildman–Crippen MR) is 60.6 cm³/mol. The maximum Gasteiger partial charge on any atom is 0.157 e. The summed E-state index contributed by atoms with van der Waals surface area (Å²) in [6, 6.07) is 0.587. The van der Waals surface area contributed by atoms with E-state index in [1.165, 1.54) is 25.9 Å². The monoisotopic (exact) mass is 208 g/mol. The summed E-state index contributed by atoms with van der Waals surface area (Å²) in [6.07, 6.45) is 6.04. The molecule has 0 amide bonds. The fraction of sp³-hybridized carbons (Fsp3) is 0.750. The molecule has 1 N–H and O–H groups in total. The first-order valence-electron chi connectivity index (χ1n) is 5.97. The molecule has 84 valence electrons. The molecule has 0 saturated carbocycles. The van der Waals surface area contributed by atoms with E-state index in [-0.39, 0.29) is 5.78 Å². The van der Waals surface area contributed by atoms with Crippen molar-refractivity contribution in [3.8, 4) is 0 Å². The van der Waals surface area contributed by atoms with Gasteiger partial charge in [-0.15, -0.1) is 0 Å². The largest absolute Gasteiger partial charge is 0.387 e. The molecule has 1 fully saturated rings. The van der Waals surface area contributed by atoms with E-state index in [1.54, 1.807) is 6.08 Å². The number of hydrogen-bond acceptors (Lipinski definition) is 3. The smallest absolute Gasteiger partial charge is 0.157 e. The predicted octanol–water partition coefficient (Wildman–Crippen LogP) is 1.31. The van der Waals surface area contributed by atoms with Gasteiger partial charge in [0, 0.05) is 30.8 Å². The van der Waals surface area contributed by atoms with E-state index in [0.29, 0.717) is 12.5 Å². The Labute approximate surface area is 91.5 Å². The van der Waals surface area contributed by atoms with Crippen molar-refractivity contribution in [3.63, 3.8) is 0 Å². The van der Waals surface area contributed by atoms with Crippen LogP contribution in [0.4, 0.5) is 0 Å². The highest BCUT2D eigenvalue weighted by Gasteiger charge is 2.18. The molecule has 1 saturated heterocycles. The molecule has 3 nitrogen and oxygen atoms in total. The van der Waals surface area contributed by atoms with Crippen LogP contribution in [0.5, 0.6) is 0 Å². The summed E-state index contributed by atoms with van der Waals surface area (Å²) < 4.78 is 0. The third-order valence-electron chi connectivity index (χ3n) is 3.36. The second-order valence-electron chi connectivity index (χ2n) is 4.61. The van der Waals surface area contributed by atoms with Crippen molar-refractivity contribution in [2.24, 2.45) is 0 Å². The minimum atomic E-state index is 0.270. The van der Waals surface area contributed by atoms with Gasteiger partial charge in [0.05, 0.1) is 0 Å². The number of nitrogens with one attached hydrogen (secondary N) is 1. The quantitative estimate of drug-likeness (QED) is 0.756. The van der Waals surface area contributed by atoms with Gasteiger partial charge < -0.3 is 5.32 Å². The molecule has 0 spiro atoms. The SMILES string of the molecule is CC(CNC1=CC(=O)CC1)N1CCCC1. The average Bonchev–Trinajstić information content (AvgIpc) is 2.84. The van der Waals surface area contributed by atoms with Crippen LogP contribution < -0.4 is 5.32 Å². The number of ketones is 1. The lowest BCUT2D eigenvalue weighted by Crippen LogP contribution is -2.38. The van der Waals surface area contributed by atoms with E-state index in [1.807, 2.05) is 0 Å². The molecular weight excluding hydrogens is 188 g/mol. The molecule has 1 unspecified atom stereocenters. The molecule has 1 atom stereocenters. The Bertz CT molecular complexity index is 267. The Morgan fingerprint density at radius 3 is 2.73 bits per heavy atom. The first-order chi connectivity index (χ1) is 7.25. The lowest BCUT2D eigenvalue weighted by atomic mass is 10.2. The number of carbonyl (C=O) groups excluding carboxylic acids is 1. The molecule has 1 aliphatic carbocycles. The number of nitrogens with zero attached hydrogens (tertiary/aromatic N) is 1. The van der Waals surface area contributed by atoms with Gasteiger partial charge in [0.2, 0.25) is 0 Å². The van der Waals surface area contributed by atoms with Crippen molar-refractivity contribution in [1.82, 2.24) is 10.2 Å². The molecule has 1 heterocycles. The maximum atomic E-state index is 11.0. The summed E-state index contributed by atoms with van der Waals surface area (Å²) in [5.74, 6) is 0.270. The van der Waals surface area contributed by atoms with Gasteiger partial charge in [-0.3, -0.25) is 9.69 Å². The van der Waals surface area contributed by atoms with Gasteiger partial charge in [-0.1, -0.05) is 0 Å². The molecule has 0 aromatic rings. The lowest BCUT2D eigenvalue weighted by Gasteiger charge is -2.24. The van der Waals surface area contributed by atoms with Crippen LogP contribution in [0, 0.1) is 0 Å². The summed E-state index contributed by atoms with van der Waals surface area (Å²) in [4.78, 5) is 13.5. The van der Waals surface area contributed by atoms with Gasteiger partial charge >= 0.3 is 0 Å². The number of hydrogen-bond donors (Lipinski definition) is 1. The zero-order valence-electron chi connectivity index (χ0n) is 9.46. The lowest BCUT2D eigenvalue weighted by molar-refractivity contribution is -0.114. The van der Waals surface area contributed by atoms with E-state index in [0.717, 1.165) is 18.7 Å². The average molecular weight is 208 g/mol. The van der Waals surface area contributed by atoms with Crippen molar-refractivity contribution < 1.29 is 4.79 Å². The molecule has 0 bridgehead atoms. The highest BCUT2D eigenvalue weighted by molar-refractivity contribution is 5.92. The minimum absolute atomic E-state index is 0.270. The van der Waals surface area contributed by atoms with Gasteiger partial charge in [0.25, 0.3) is 0 Å². The van der Waals surface area contributed by atoms with Crippen molar-refractivity contribution in [1.29, 1.82) is 0 Å². The van der Waals surface area contributed by atoms with E-state index in [9.17, 15) is 4.79 Å². The van der Waals surface area contributed by atoms with E-state index < -0.39 is 0 Å². The maximum absolute atomic E-state index is 11.0. The summed E-state index contributed by atoms with van der Waals surface area (Å²) in [5.41, 5.74) is 1.13. The molecule has 15 heavy (non-hydrogen) atoms. The molecule has 0 radical (unpaired) electrons. The molecule has 0 aromatic carbocycles. The fourth-order valence-corrected chi connectivity index (χ4v) is 2.33. The highest BCUT2D eigenvalue weighted by Crippen LogP contribution is 2.14. The van der Waals surface area contributed by atoms with Crippen LogP contribution in [0.3, 0.4) is 0 Å². The second-order valence-corrected chi connectivity index (χ2v) is 4.61. The van der Waals surface area contributed by atoms with Crippen LogP contribution in [-0.2, 0) is 4.79 Å². The van der Waals surface area contributed by atoms with Gasteiger partial charge in [-0.05, 0) is 39.3 Å². The minimum Gasteiger partial charge on any atom is -0.387 e. The Balaban J connectivity index is 1.73. The van der Waals surface area contributed by atoms with E-state index >= 15 is 0 Å². The third-order valence-corrected chi connectivity index (χ3v) is 3.36. The van der Waals surface area contributed by atoms with Crippen LogP contribution in [0.15, 0.2) is 11.8 Å². The molecular formula is C12H20N2O. The molecule has 0 aromatic heterocycles. The van der Waals surface area contributed by atoms with Crippen molar-refractivity contribution in [2.75, 3.05) is 19.6 Å². The topological polar surface area (TPSA) is 32.3 Å². The van der Waals surface area contributed by atoms with Crippen molar-refractivity contribution >= 4 is 5.78 Å². The summed E-state index contributed by atoms with van der Waals surface area (Å²) in [5, 5.41) is 3.39. The second kappa shape index (κ2) is 4.79. The number of rotatable bonds is 4. The highest BCUT2D eigenvalue weighted by atomic mass is 16.1. The first-order valence-corrected chi connectivity index (χ1v) is 5.97. The van der Waals surface area contributed by atoms with E-state index in [2.05, 4.69) is 17.1 Å². The van der Waals surface area contributed by atoms with E-state index in [4.69, 9.17) is 0 Å². The molecule has 2 rings (SSSR count). The molecule has 3 heteroatoms. The first kappa shape index (κ1) is 10.7. The Morgan fingerprint density at radius 1 is 1.40 bits per heavy atom. The van der Waals surface area contributed by atoms with Gasteiger partial charge in [0.15, 0.2) is 5.78 Å². The molecule has 1 aliphatic heterocycles. The zero-order valence-corrected chi connectivity index (χ0v) is 9.46. The summed E-state index contributed by atoms with van der Waals surface area (Å²) >= 11 is 0. The van der Waals surface area contributed by atoms with Crippen LogP contribution in [0.1, 0.15) is 32.6 Å². The number of allylic oxidation sites excluding steroid dienone is 2. The van der Waals surface area contributed by atoms with Crippen LogP contribution in [0.2, 0.25) is 0 Å². The standard InChI is InChI=1S/C12H20N2O/c1-10(14-6-2-3-7-14)9-13-11-4-5-12(15)8-11/h8,10,13H,2-7,9H2,1H3. The fourth-order valence-electron chi connectivity index (χ4n) is 2.33. The van der Waals surface area contributed by atoms with Gasteiger partial charge in [-0.25, -0.2) is 0 Å². The van der Waals surface area contributed by atoms with Crippen molar-refractivity contribution in [2.45, 2.75) is 38.6 Å². The van der Waals surface area contributed by atoms with Crippen LogP contribution >= 0.6 is 0 Å². The zero-order chi connectivity index (χ0) is 10.7. The van der Waals surface area contributed by atoms with Gasteiger partial charge in [-0.2, -0.15) is 0 Å². The van der Waals surface area contributed by atoms with Crippen LogP contribution in [-0.4, -0.2) is 36.4 Å². The van der Waals surface area contributed by atoms with Crippen LogP contribution in [0.25, 0.3) is 0 Å². The number of likely N-dealkylation sites (tertiary alicyclic amines) is 1. The number of carbonyl (C=O) groups is 1. The van der Waals surface area contributed by atoms with Gasteiger partial charge in [0.1, 0.15) is 0 Å². The molecule has 2 aliphatic rings. The summed E-state index contributed by atoms with van der Waals surface area (Å²) in [6.45, 7) is 5.70. The Hall–Kier alpha value is -0.830. The third kappa shape index (κ3) is 2.81.